The van der Waals surface area contributed by atoms with Crippen molar-refractivity contribution in [1.29, 1.82) is 0 Å². The summed E-state index contributed by atoms with van der Waals surface area (Å²) in [5, 5.41) is 5.53. The molecule has 1 heterocycles. The van der Waals surface area contributed by atoms with Crippen LogP contribution in [0.4, 0.5) is 5.82 Å². The van der Waals surface area contributed by atoms with Crippen LogP contribution in [-0.4, -0.2) is 31.8 Å². The second-order valence-corrected chi connectivity index (χ2v) is 5.06. The van der Waals surface area contributed by atoms with E-state index in [-0.39, 0.29) is 0 Å². The molecule has 5 nitrogen and oxygen atoms in total. The van der Waals surface area contributed by atoms with Gasteiger partial charge in [-0.05, 0) is 49.9 Å². The molecule has 1 unspecified atom stereocenters. The molecule has 0 fully saturated rings. The molecule has 0 aliphatic rings. The van der Waals surface area contributed by atoms with Crippen molar-refractivity contribution in [2.24, 2.45) is 5.73 Å². The fourth-order valence-corrected chi connectivity index (χ4v) is 2.34. The molecule has 0 bridgehead atoms. The molecule has 0 spiro atoms. The third-order valence-electron chi connectivity index (χ3n) is 3.49. The number of fused-ring (bicyclic) bond motifs is 1. The number of nitrogens with two attached hydrogens (primary N) is 1. The summed E-state index contributed by atoms with van der Waals surface area (Å²) in [4.78, 5) is 4.45. The molecule has 2 rings (SSSR count). The molecule has 1 aromatic heterocycles. The van der Waals surface area contributed by atoms with Crippen LogP contribution >= 0.6 is 0 Å². The van der Waals surface area contributed by atoms with Gasteiger partial charge in [0.2, 0.25) is 0 Å². The van der Waals surface area contributed by atoms with E-state index in [1.807, 2.05) is 18.2 Å². The molecule has 0 saturated heterocycles. The highest BCUT2D eigenvalue weighted by Gasteiger charge is 2.11. The van der Waals surface area contributed by atoms with E-state index in [2.05, 4.69) is 17.2 Å². The van der Waals surface area contributed by atoms with Gasteiger partial charge in [0.25, 0.3) is 0 Å². The minimum atomic E-state index is 0.319. The summed E-state index contributed by atoms with van der Waals surface area (Å²) in [6.07, 6.45) is 3.81. The average molecular weight is 289 g/mol. The first-order valence-corrected chi connectivity index (χ1v) is 7.17. The molecule has 0 amide bonds. The molecule has 1 aromatic carbocycles. The predicted octanol–water partition coefficient (Wildman–Crippen LogP) is 2.79. The number of nitrogens with one attached hydrogen (secondary N) is 1. The SMILES string of the molecule is COc1cc2ccnc(NC(C)CCCN)c2cc1OC. The molecule has 0 aliphatic carbocycles. The third-order valence-corrected chi connectivity index (χ3v) is 3.49. The van der Waals surface area contributed by atoms with Crippen LogP contribution in [0.5, 0.6) is 11.5 Å². The van der Waals surface area contributed by atoms with Crippen LogP contribution in [0.2, 0.25) is 0 Å². The zero-order valence-electron chi connectivity index (χ0n) is 12.8. The van der Waals surface area contributed by atoms with Crippen LogP contribution in [0.1, 0.15) is 19.8 Å². The van der Waals surface area contributed by atoms with E-state index in [0.29, 0.717) is 18.3 Å². The van der Waals surface area contributed by atoms with Gasteiger partial charge in [-0.2, -0.15) is 0 Å². The Hall–Kier alpha value is -2.01. The molecule has 0 saturated carbocycles. The van der Waals surface area contributed by atoms with Gasteiger partial charge in [0, 0.05) is 17.6 Å². The van der Waals surface area contributed by atoms with Crippen molar-refractivity contribution in [3.05, 3.63) is 24.4 Å². The molecule has 0 aliphatic heterocycles. The van der Waals surface area contributed by atoms with E-state index < -0.39 is 0 Å². The van der Waals surface area contributed by atoms with Crippen LogP contribution in [-0.2, 0) is 0 Å². The number of rotatable bonds is 7. The summed E-state index contributed by atoms with van der Waals surface area (Å²) in [5.74, 6) is 2.28. The number of methoxy groups -OCH3 is 2. The van der Waals surface area contributed by atoms with Crippen molar-refractivity contribution in [1.82, 2.24) is 4.98 Å². The predicted molar refractivity (Wildman–Crippen MR) is 86.2 cm³/mol. The van der Waals surface area contributed by atoms with Crippen molar-refractivity contribution in [3.8, 4) is 11.5 Å². The van der Waals surface area contributed by atoms with E-state index in [1.54, 1.807) is 20.4 Å². The molecular formula is C16H23N3O2. The fraction of sp³-hybridized carbons (Fsp3) is 0.438. The van der Waals surface area contributed by atoms with Gasteiger partial charge in [0.05, 0.1) is 14.2 Å². The molecule has 114 valence electrons. The lowest BCUT2D eigenvalue weighted by atomic mass is 10.1. The first-order chi connectivity index (χ1) is 10.2. The Morgan fingerprint density at radius 1 is 1.24 bits per heavy atom. The zero-order chi connectivity index (χ0) is 15.2. The van der Waals surface area contributed by atoms with E-state index in [4.69, 9.17) is 15.2 Å². The third kappa shape index (κ3) is 3.55. The van der Waals surface area contributed by atoms with Gasteiger partial charge in [0.15, 0.2) is 11.5 Å². The maximum absolute atomic E-state index is 5.56. The fourth-order valence-electron chi connectivity index (χ4n) is 2.34. The quantitative estimate of drug-likeness (QED) is 0.820. The first kappa shape index (κ1) is 15.4. The Bertz CT molecular complexity index is 601. The van der Waals surface area contributed by atoms with Gasteiger partial charge in [-0.1, -0.05) is 0 Å². The Labute approximate surface area is 125 Å². The highest BCUT2D eigenvalue weighted by atomic mass is 16.5. The highest BCUT2D eigenvalue weighted by Crippen LogP contribution is 2.34. The van der Waals surface area contributed by atoms with Crippen LogP contribution < -0.4 is 20.5 Å². The Balaban J connectivity index is 2.35. The lowest BCUT2D eigenvalue weighted by Gasteiger charge is -2.16. The second-order valence-electron chi connectivity index (χ2n) is 5.06. The number of nitrogens with zero attached hydrogens (tertiary/aromatic N) is 1. The summed E-state index contributed by atoms with van der Waals surface area (Å²) in [6, 6.07) is 6.21. The van der Waals surface area contributed by atoms with Gasteiger partial charge in [-0.25, -0.2) is 4.98 Å². The van der Waals surface area contributed by atoms with Crippen LogP contribution in [0, 0.1) is 0 Å². The molecule has 1 atom stereocenters. The minimum absolute atomic E-state index is 0.319. The molecular weight excluding hydrogens is 266 g/mol. The standard InChI is InChI=1S/C16H23N3O2/c1-11(5-4-7-17)19-16-13-10-15(21-3)14(20-2)9-12(13)6-8-18-16/h6,8-11H,4-5,7,17H2,1-3H3,(H,18,19). The Morgan fingerprint density at radius 3 is 2.62 bits per heavy atom. The van der Waals surface area contributed by atoms with Crippen molar-refractivity contribution in [2.75, 3.05) is 26.1 Å². The summed E-state index contributed by atoms with van der Waals surface area (Å²) < 4.78 is 10.7. The number of aromatic nitrogens is 1. The van der Waals surface area contributed by atoms with Crippen molar-refractivity contribution in [3.63, 3.8) is 0 Å². The van der Waals surface area contributed by atoms with Gasteiger partial charge in [0.1, 0.15) is 5.82 Å². The molecule has 3 N–H and O–H groups in total. The Morgan fingerprint density at radius 2 is 1.95 bits per heavy atom. The van der Waals surface area contributed by atoms with E-state index in [0.717, 1.165) is 35.2 Å². The van der Waals surface area contributed by atoms with Crippen LogP contribution in [0.3, 0.4) is 0 Å². The maximum atomic E-state index is 5.56. The number of pyridine rings is 1. The Kier molecular flexibility index (Phi) is 5.22. The number of anilines is 1. The van der Waals surface area contributed by atoms with Crippen molar-refractivity contribution in [2.45, 2.75) is 25.8 Å². The zero-order valence-corrected chi connectivity index (χ0v) is 12.8. The molecule has 2 aromatic rings. The topological polar surface area (TPSA) is 69.4 Å². The van der Waals surface area contributed by atoms with E-state index in [9.17, 15) is 0 Å². The largest absolute Gasteiger partial charge is 0.493 e. The van der Waals surface area contributed by atoms with Gasteiger partial charge in [-0.3, -0.25) is 0 Å². The summed E-state index contributed by atoms with van der Waals surface area (Å²) in [6.45, 7) is 2.84. The number of benzene rings is 1. The van der Waals surface area contributed by atoms with Crippen molar-refractivity contribution >= 4 is 16.6 Å². The van der Waals surface area contributed by atoms with Crippen LogP contribution in [0.25, 0.3) is 10.8 Å². The monoisotopic (exact) mass is 289 g/mol. The lowest BCUT2D eigenvalue weighted by molar-refractivity contribution is 0.356. The average Bonchev–Trinajstić information content (AvgIpc) is 2.51. The summed E-state index contributed by atoms with van der Waals surface area (Å²) in [5.41, 5.74) is 5.56. The highest BCUT2D eigenvalue weighted by molar-refractivity contribution is 5.94. The molecule has 21 heavy (non-hydrogen) atoms. The van der Waals surface area contributed by atoms with Gasteiger partial charge in [-0.15, -0.1) is 0 Å². The number of ether oxygens (including phenoxy) is 2. The molecule has 5 heteroatoms. The second kappa shape index (κ2) is 7.13. The van der Waals surface area contributed by atoms with Gasteiger partial charge >= 0.3 is 0 Å². The smallest absolute Gasteiger partial charge is 0.161 e. The van der Waals surface area contributed by atoms with Gasteiger partial charge < -0.3 is 20.5 Å². The number of hydrogen-bond acceptors (Lipinski definition) is 5. The first-order valence-electron chi connectivity index (χ1n) is 7.17. The normalized spacial score (nSPS) is 12.2. The maximum Gasteiger partial charge on any atom is 0.161 e. The lowest BCUT2D eigenvalue weighted by Crippen LogP contribution is -2.17. The summed E-state index contributed by atoms with van der Waals surface area (Å²) >= 11 is 0. The molecule has 0 radical (unpaired) electrons. The van der Waals surface area contributed by atoms with E-state index >= 15 is 0 Å². The number of hydrogen-bond donors (Lipinski definition) is 2. The van der Waals surface area contributed by atoms with Crippen LogP contribution in [0.15, 0.2) is 24.4 Å². The van der Waals surface area contributed by atoms with Crippen molar-refractivity contribution < 1.29 is 9.47 Å². The summed E-state index contributed by atoms with van der Waals surface area (Å²) in [7, 11) is 3.27. The minimum Gasteiger partial charge on any atom is -0.493 e. The van der Waals surface area contributed by atoms with E-state index in [1.165, 1.54) is 0 Å².